The molecule has 0 saturated carbocycles. The number of carbonyl (C=O) groups is 1. The fourth-order valence-electron chi connectivity index (χ4n) is 4.25. The van der Waals surface area contributed by atoms with Crippen LogP contribution in [0.5, 0.6) is 0 Å². The van der Waals surface area contributed by atoms with E-state index in [1.807, 2.05) is 17.5 Å². The van der Waals surface area contributed by atoms with Crippen LogP contribution in [0.1, 0.15) is 36.1 Å². The Hall–Kier alpha value is -4.09. The van der Waals surface area contributed by atoms with Gasteiger partial charge in [0.15, 0.2) is 4.80 Å². The van der Waals surface area contributed by atoms with Crippen LogP contribution in [0.3, 0.4) is 0 Å². The molecule has 0 fully saturated rings. The lowest BCUT2D eigenvalue weighted by Crippen LogP contribution is -2.39. The number of hydrogen-bond acceptors (Lipinski definition) is 9. The maximum atomic E-state index is 13.6. The maximum Gasteiger partial charge on any atom is 0.338 e. The zero-order valence-corrected chi connectivity index (χ0v) is 21.7. The first-order valence-corrected chi connectivity index (χ1v) is 13.1. The minimum atomic E-state index is -0.632. The van der Waals surface area contributed by atoms with Gasteiger partial charge in [0.1, 0.15) is 17.6 Å². The molecule has 1 unspecified atom stereocenters. The molecule has 1 aliphatic rings. The number of ether oxygens (including phenoxy) is 1. The van der Waals surface area contributed by atoms with Crippen LogP contribution < -0.4 is 14.9 Å². The summed E-state index contributed by atoms with van der Waals surface area (Å²) in [6.45, 7) is 5.47. The summed E-state index contributed by atoms with van der Waals surface area (Å²) in [7, 11) is 0. The minimum absolute atomic E-state index is 0.00640. The quantitative estimate of drug-likeness (QED) is 0.206. The average Bonchev–Trinajstić information content (AvgIpc) is 3.60. The first kappa shape index (κ1) is 24.6. The van der Waals surface area contributed by atoms with Gasteiger partial charge in [-0.25, -0.2) is 9.79 Å². The molecule has 0 radical (unpaired) electrons. The molecule has 188 valence electrons. The van der Waals surface area contributed by atoms with Gasteiger partial charge in [-0.2, -0.15) is 0 Å². The zero-order valence-electron chi connectivity index (χ0n) is 20.1. The highest BCUT2D eigenvalue weighted by Crippen LogP contribution is 2.33. The lowest BCUT2D eigenvalue weighted by Gasteiger charge is -2.23. The van der Waals surface area contributed by atoms with E-state index in [0.717, 1.165) is 10.4 Å². The third-order valence-electron chi connectivity index (χ3n) is 5.92. The lowest BCUT2D eigenvalue weighted by atomic mass is 10.0. The summed E-state index contributed by atoms with van der Waals surface area (Å²) < 4.78 is 13.2. The number of hydrogen-bond donors (Lipinski definition) is 0. The number of aromatic nitrogens is 1. The first-order chi connectivity index (χ1) is 17.8. The molecule has 0 spiro atoms. The van der Waals surface area contributed by atoms with Crippen LogP contribution in [-0.4, -0.2) is 22.1 Å². The number of nitrogens with zero attached hydrogens (tertiary/aromatic N) is 3. The Morgan fingerprint density at radius 2 is 2.08 bits per heavy atom. The minimum Gasteiger partial charge on any atom is -0.463 e. The Balaban J connectivity index is 1.59. The second-order valence-electron chi connectivity index (χ2n) is 8.28. The molecular weight excluding hydrogens is 514 g/mol. The molecule has 1 aromatic carbocycles. The number of benzene rings is 1. The van der Waals surface area contributed by atoms with E-state index < -0.39 is 16.9 Å². The highest BCUT2D eigenvalue weighted by molar-refractivity contribution is 7.10. The number of fused-ring (bicyclic) bond motifs is 1. The number of esters is 1. The Kier molecular flexibility index (Phi) is 6.48. The number of aryl methyl sites for hydroxylation is 1. The van der Waals surface area contributed by atoms with Gasteiger partial charge in [-0.05, 0) is 56.0 Å². The van der Waals surface area contributed by atoms with E-state index in [2.05, 4.69) is 4.99 Å². The summed E-state index contributed by atoms with van der Waals surface area (Å²) in [4.78, 5) is 42.9. The third-order valence-corrected chi connectivity index (χ3v) is 7.82. The number of rotatable bonds is 6. The van der Waals surface area contributed by atoms with Crippen LogP contribution in [0.2, 0.25) is 0 Å². The molecule has 3 aromatic heterocycles. The van der Waals surface area contributed by atoms with Gasteiger partial charge in [0.25, 0.3) is 11.2 Å². The summed E-state index contributed by atoms with van der Waals surface area (Å²) in [6, 6.07) is 11.2. The second kappa shape index (κ2) is 9.75. The van der Waals surface area contributed by atoms with Crippen molar-refractivity contribution in [2.24, 2.45) is 4.99 Å². The molecule has 1 aliphatic heterocycles. The van der Waals surface area contributed by atoms with Gasteiger partial charge in [-0.15, -0.1) is 11.3 Å². The number of nitro groups is 1. The first-order valence-electron chi connectivity index (χ1n) is 11.4. The predicted molar refractivity (Wildman–Crippen MR) is 140 cm³/mol. The van der Waals surface area contributed by atoms with E-state index in [4.69, 9.17) is 9.15 Å². The molecule has 4 aromatic rings. The summed E-state index contributed by atoms with van der Waals surface area (Å²) in [6.07, 6.45) is 1.64. The van der Waals surface area contributed by atoms with Gasteiger partial charge in [-0.3, -0.25) is 19.5 Å². The van der Waals surface area contributed by atoms with Gasteiger partial charge in [0, 0.05) is 28.6 Å². The largest absolute Gasteiger partial charge is 0.463 e. The van der Waals surface area contributed by atoms with Crippen LogP contribution in [0.25, 0.3) is 17.4 Å². The third kappa shape index (κ3) is 4.47. The predicted octanol–water partition coefficient (Wildman–Crippen LogP) is 4.34. The van der Waals surface area contributed by atoms with E-state index in [0.29, 0.717) is 37.7 Å². The van der Waals surface area contributed by atoms with Crippen molar-refractivity contribution in [3.63, 3.8) is 0 Å². The van der Waals surface area contributed by atoms with E-state index in [1.165, 1.54) is 39.4 Å². The number of allylic oxidation sites excluding steroid dienone is 1. The van der Waals surface area contributed by atoms with E-state index >= 15 is 0 Å². The van der Waals surface area contributed by atoms with Crippen LogP contribution >= 0.6 is 22.7 Å². The van der Waals surface area contributed by atoms with E-state index in [1.54, 1.807) is 45.0 Å². The van der Waals surface area contributed by atoms with Crippen LogP contribution in [0.4, 0.5) is 5.69 Å². The van der Waals surface area contributed by atoms with Gasteiger partial charge in [-0.1, -0.05) is 17.4 Å². The van der Waals surface area contributed by atoms with Gasteiger partial charge in [0.2, 0.25) is 0 Å². The number of carbonyl (C=O) groups excluding carboxylic acids is 1. The van der Waals surface area contributed by atoms with Crippen molar-refractivity contribution in [2.45, 2.75) is 26.8 Å². The molecule has 0 saturated heterocycles. The maximum absolute atomic E-state index is 13.6. The monoisotopic (exact) mass is 535 g/mol. The Bertz CT molecular complexity index is 1740. The smallest absolute Gasteiger partial charge is 0.338 e. The fraction of sp³-hybridized carbons (Fsp3) is 0.192. The van der Waals surface area contributed by atoms with Crippen LogP contribution in [0.15, 0.2) is 73.3 Å². The molecule has 0 aliphatic carbocycles. The number of furan rings is 1. The number of thiazole rings is 1. The molecule has 0 bridgehead atoms. The lowest BCUT2D eigenvalue weighted by molar-refractivity contribution is -0.384. The van der Waals surface area contributed by atoms with Gasteiger partial charge >= 0.3 is 5.97 Å². The Labute approximate surface area is 218 Å². The van der Waals surface area contributed by atoms with Crippen molar-refractivity contribution in [3.05, 3.63) is 105 Å². The molecule has 9 nitrogen and oxygen atoms in total. The Morgan fingerprint density at radius 1 is 1.27 bits per heavy atom. The molecule has 0 N–H and O–H groups in total. The molecule has 5 rings (SSSR count). The van der Waals surface area contributed by atoms with Crippen molar-refractivity contribution in [3.8, 4) is 11.3 Å². The summed E-state index contributed by atoms with van der Waals surface area (Å²) in [5.74, 6) is 0.487. The summed E-state index contributed by atoms with van der Waals surface area (Å²) >= 11 is 2.67. The van der Waals surface area contributed by atoms with Crippen LogP contribution in [0, 0.1) is 17.0 Å². The van der Waals surface area contributed by atoms with Crippen molar-refractivity contribution < 1.29 is 18.9 Å². The normalized spacial score (nSPS) is 15.4. The zero-order chi connectivity index (χ0) is 26.3. The fourth-order valence-corrected chi connectivity index (χ4v) is 6.10. The van der Waals surface area contributed by atoms with Crippen molar-refractivity contribution in [1.82, 2.24) is 4.57 Å². The van der Waals surface area contributed by atoms with E-state index in [9.17, 15) is 19.7 Å². The SMILES string of the molecule is CCOC(=O)C1=C(C)N=c2s/c(=C\c3ccc(-c4ccc([N+](=O)[O-])cc4C)o3)c(=O)n2C1c1cccs1. The van der Waals surface area contributed by atoms with Crippen molar-refractivity contribution in [1.29, 1.82) is 0 Å². The average molecular weight is 536 g/mol. The van der Waals surface area contributed by atoms with Crippen molar-refractivity contribution in [2.75, 3.05) is 6.61 Å². The number of non-ortho nitro benzene ring substituents is 1. The summed E-state index contributed by atoms with van der Waals surface area (Å²) in [5.41, 5.74) is 2.00. The highest BCUT2D eigenvalue weighted by atomic mass is 32.1. The summed E-state index contributed by atoms with van der Waals surface area (Å²) in [5, 5.41) is 12.9. The number of thiophene rings is 1. The van der Waals surface area contributed by atoms with Gasteiger partial charge < -0.3 is 9.15 Å². The molecule has 11 heteroatoms. The Morgan fingerprint density at radius 3 is 2.76 bits per heavy atom. The standard InChI is InChI=1S/C26H21N3O6S2/c1-4-34-25(31)22-15(3)27-26-28(23(22)20-6-5-11-36-20)24(30)21(37-26)13-17-8-10-19(35-17)18-9-7-16(29(32)33)12-14(18)2/h5-13,23H,4H2,1-3H3/b21-13-. The van der Waals surface area contributed by atoms with Gasteiger partial charge in [0.05, 0.1) is 27.3 Å². The molecular formula is C26H21N3O6S2. The van der Waals surface area contributed by atoms with Crippen LogP contribution in [-0.2, 0) is 9.53 Å². The van der Waals surface area contributed by atoms with E-state index in [-0.39, 0.29) is 17.9 Å². The topological polar surface area (TPSA) is 117 Å². The molecule has 0 amide bonds. The van der Waals surface area contributed by atoms with Crippen molar-refractivity contribution >= 4 is 40.4 Å². The highest BCUT2D eigenvalue weighted by Gasteiger charge is 2.33. The molecule has 37 heavy (non-hydrogen) atoms. The number of nitro benzene ring substituents is 1. The molecule has 1 atom stereocenters. The second-order valence-corrected chi connectivity index (χ2v) is 10.3. The molecule has 4 heterocycles.